The van der Waals surface area contributed by atoms with Gasteiger partial charge in [-0.25, -0.2) is 13.1 Å². The molecule has 2 rings (SSSR count). The Labute approximate surface area is 136 Å². The molecule has 0 saturated heterocycles. The SMILES string of the molecule is CCOC(=O)C(CNS(=O)(=O)c1ccc(C)cc1)C1=CCCO1. The molecule has 1 aromatic rings. The van der Waals surface area contributed by atoms with Crippen molar-refractivity contribution >= 4 is 16.0 Å². The maximum absolute atomic E-state index is 12.3. The molecule has 0 bridgehead atoms. The number of benzene rings is 1. The van der Waals surface area contributed by atoms with Gasteiger partial charge in [0.05, 0.1) is 18.1 Å². The van der Waals surface area contributed by atoms with E-state index in [1.807, 2.05) is 6.92 Å². The predicted octanol–water partition coefficient (Wildman–Crippen LogP) is 1.76. The molecule has 0 amide bonds. The molecule has 0 saturated carbocycles. The van der Waals surface area contributed by atoms with E-state index in [4.69, 9.17) is 9.47 Å². The van der Waals surface area contributed by atoms with Gasteiger partial charge in [0.15, 0.2) is 0 Å². The zero-order chi connectivity index (χ0) is 16.9. The Hall–Kier alpha value is -1.86. The van der Waals surface area contributed by atoms with Crippen molar-refractivity contribution < 1.29 is 22.7 Å². The standard InChI is InChI=1S/C16H21NO5S/c1-3-21-16(18)14(15-5-4-10-22-15)11-17-23(19,20)13-8-6-12(2)7-9-13/h5-9,14,17H,3-4,10-11H2,1-2H3. The van der Waals surface area contributed by atoms with Gasteiger partial charge in [-0.3, -0.25) is 4.79 Å². The van der Waals surface area contributed by atoms with Gasteiger partial charge in [0, 0.05) is 13.0 Å². The van der Waals surface area contributed by atoms with E-state index in [0.29, 0.717) is 18.8 Å². The lowest BCUT2D eigenvalue weighted by molar-refractivity contribution is -0.147. The first-order chi connectivity index (χ1) is 10.9. The maximum Gasteiger partial charge on any atom is 0.317 e. The largest absolute Gasteiger partial charge is 0.497 e. The van der Waals surface area contributed by atoms with E-state index >= 15 is 0 Å². The fraction of sp³-hybridized carbons (Fsp3) is 0.438. The summed E-state index contributed by atoms with van der Waals surface area (Å²) in [6.45, 7) is 4.21. The zero-order valence-electron chi connectivity index (χ0n) is 13.2. The third-order valence-corrected chi connectivity index (χ3v) is 4.89. The molecule has 1 heterocycles. The van der Waals surface area contributed by atoms with Crippen molar-refractivity contribution in [1.82, 2.24) is 4.72 Å². The van der Waals surface area contributed by atoms with E-state index in [-0.39, 0.29) is 18.0 Å². The smallest absolute Gasteiger partial charge is 0.317 e. The summed E-state index contributed by atoms with van der Waals surface area (Å²) in [4.78, 5) is 12.2. The van der Waals surface area contributed by atoms with Gasteiger partial charge in [0.25, 0.3) is 0 Å². The first kappa shape index (κ1) is 17.5. The molecule has 1 unspecified atom stereocenters. The van der Waals surface area contributed by atoms with Gasteiger partial charge in [0.1, 0.15) is 11.7 Å². The number of ether oxygens (including phenoxy) is 2. The Balaban J connectivity index is 2.10. The average molecular weight is 339 g/mol. The van der Waals surface area contributed by atoms with E-state index in [0.717, 1.165) is 5.56 Å². The monoisotopic (exact) mass is 339 g/mol. The van der Waals surface area contributed by atoms with Crippen LogP contribution in [0, 0.1) is 12.8 Å². The zero-order valence-corrected chi connectivity index (χ0v) is 14.1. The highest BCUT2D eigenvalue weighted by Crippen LogP contribution is 2.21. The third-order valence-electron chi connectivity index (χ3n) is 3.46. The molecule has 0 aliphatic carbocycles. The number of aryl methyl sites for hydroxylation is 1. The van der Waals surface area contributed by atoms with Crippen LogP contribution in [0.5, 0.6) is 0 Å². The molecule has 1 N–H and O–H groups in total. The number of nitrogens with one attached hydrogen (secondary N) is 1. The van der Waals surface area contributed by atoms with Gasteiger partial charge in [-0.1, -0.05) is 17.7 Å². The molecule has 1 aromatic carbocycles. The lowest BCUT2D eigenvalue weighted by Gasteiger charge is -2.17. The normalized spacial score (nSPS) is 15.7. The topological polar surface area (TPSA) is 81.7 Å². The highest BCUT2D eigenvalue weighted by molar-refractivity contribution is 7.89. The second-order valence-corrected chi connectivity index (χ2v) is 6.98. The van der Waals surface area contributed by atoms with Crippen molar-refractivity contribution in [1.29, 1.82) is 0 Å². The maximum atomic E-state index is 12.3. The molecule has 6 nitrogen and oxygen atoms in total. The fourth-order valence-electron chi connectivity index (χ4n) is 2.22. The Morgan fingerprint density at radius 2 is 2.04 bits per heavy atom. The number of sulfonamides is 1. The molecule has 0 fully saturated rings. The molecule has 0 spiro atoms. The summed E-state index contributed by atoms with van der Waals surface area (Å²) in [5.74, 6) is -0.792. The van der Waals surface area contributed by atoms with Gasteiger partial charge in [-0.2, -0.15) is 0 Å². The van der Waals surface area contributed by atoms with Crippen LogP contribution in [0.2, 0.25) is 0 Å². The molecular weight excluding hydrogens is 318 g/mol. The van der Waals surface area contributed by atoms with Gasteiger partial charge >= 0.3 is 5.97 Å². The molecule has 1 atom stereocenters. The Bertz CT molecular complexity index is 679. The van der Waals surface area contributed by atoms with Gasteiger partial charge < -0.3 is 9.47 Å². The molecular formula is C16H21NO5S. The van der Waals surface area contributed by atoms with Crippen LogP contribution < -0.4 is 4.72 Å². The molecule has 7 heteroatoms. The second-order valence-electron chi connectivity index (χ2n) is 5.21. The first-order valence-electron chi connectivity index (χ1n) is 7.50. The second kappa shape index (κ2) is 7.61. The minimum Gasteiger partial charge on any atom is -0.497 e. The quantitative estimate of drug-likeness (QED) is 0.766. The highest BCUT2D eigenvalue weighted by atomic mass is 32.2. The average Bonchev–Trinajstić information content (AvgIpc) is 3.02. The van der Waals surface area contributed by atoms with Crippen LogP contribution >= 0.6 is 0 Å². The number of hydrogen-bond donors (Lipinski definition) is 1. The van der Waals surface area contributed by atoms with Crippen LogP contribution in [0.3, 0.4) is 0 Å². The first-order valence-corrected chi connectivity index (χ1v) is 8.98. The molecule has 1 aliphatic heterocycles. The van der Waals surface area contributed by atoms with Crippen LogP contribution in [-0.2, 0) is 24.3 Å². The number of rotatable bonds is 7. The minimum atomic E-state index is -3.69. The predicted molar refractivity (Wildman–Crippen MR) is 85.1 cm³/mol. The van der Waals surface area contributed by atoms with Crippen LogP contribution in [0.15, 0.2) is 41.0 Å². The summed E-state index contributed by atoms with van der Waals surface area (Å²) in [5, 5.41) is 0. The van der Waals surface area contributed by atoms with E-state index in [1.54, 1.807) is 25.1 Å². The van der Waals surface area contributed by atoms with Gasteiger partial charge in [-0.15, -0.1) is 0 Å². The Morgan fingerprint density at radius 1 is 1.35 bits per heavy atom. The van der Waals surface area contributed by atoms with E-state index in [1.165, 1.54) is 12.1 Å². The van der Waals surface area contributed by atoms with Crippen molar-refractivity contribution in [2.24, 2.45) is 5.92 Å². The number of hydrogen-bond acceptors (Lipinski definition) is 5. The fourth-order valence-corrected chi connectivity index (χ4v) is 3.26. The number of carbonyl (C=O) groups excluding carboxylic acids is 1. The lowest BCUT2D eigenvalue weighted by Crippen LogP contribution is -2.35. The van der Waals surface area contributed by atoms with Crippen molar-refractivity contribution in [3.05, 3.63) is 41.7 Å². The minimum absolute atomic E-state index is 0.0964. The summed E-state index contributed by atoms with van der Waals surface area (Å²) in [7, 11) is -3.69. The summed E-state index contributed by atoms with van der Waals surface area (Å²) < 4.78 is 37.5. The number of carbonyl (C=O) groups is 1. The van der Waals surface area contributed by atoms with Crippen molar-refractivity contribution in [3.63, 3.8) is 0 Å². The Morgan fingerprint density at radius 3 is 2.61 bits per heavy atom. The van der Waals surface area contributed by atoms with Gasteiger partial charge in [0.2, 0.25) is 10.0 Å². The lowest BCUT2D eigenvalue weighted by atomic mass is 10.1. The summed E-state index contributed by atoms with van der Waals surface area (Å²) in [6, 6.07) is 6.50. The van der Waals surface area contributed by atoms with Crippen molar-refractivity contribution in [3.8, 4) is 0 Å². The van der Waals surface area contributed by atoms with Crippen LogP contribution in [0.4, 0.5) is 0 Å². The van der Waals surface area contributed by atoms with Crippen LogP contribution in [0.1, 0.15) is 18.9 Å². The summed E-state index contributed by atoms with van der Waals surface area (Å²) in [6.07, 6.45) is 2.50. The summed E-state index contributed by atoms with van der Waals surface area (Å²) >= 11 is 0. The van der Waals surface area contributed by atoms with Crippen LogP contribution in [0.25, 0.3) is 0 Å². The molecule has 1 aliphatic rings. The number of esters is 1. The molecule has 126 valence electrons. The van der Waals surface area contributed by atoms with Crippen molar-refractivity contribution in [2.45, 2.75) is 25.2 Å². The van der Waals surface area contributed by atoms with Crippen molar-refractivity contribution in [2.75, 3.05) is 19.8 Å². The molecule has 0 radical (unpaired) electrons. The van der Waals surface area contributed by atoms with Gasteiger partial charge in [-0.05, 0) is 32.1 Å². The van der Waals surface area contributed by atoms with Crippen LogP contribution in [-0.4, -0.2) is 34.1 Å². The molecule has 0 aromatic heterocycles. The summed E-state index contributed by atoms with van der Waals surface area (Å²) in [5.41, 5.74) is 0.970. The Kier molecular flexibility index (Phi) is 5.79. The van der Waals surface area contributed by atoms with E-state index < -0.39 is 21.9 Å². The highest BCUT2D eigenvalue weighted by Gasteiger charge is 2.29. The third kappa shape index (κ3) is 4.56. The van der Waals surface area contributed by atoms with E-state index in [9.17, 15) is 13.2 Å². The van der Waals surface area contributed by atoms with E-state index in [2.05, 4.69) is 4.72 Å². The molecule has 23 heavy (non-hydrogen) atoms.